The number of non-ortho nitro benzene ring substituents is 1. The fraction of sp³-hybridized carbons (Fsp3) is 0.600. The molecule has 6 heteroatoms. The first-order chi connectivity index (χ1) is 10.1. The number of nitrogens with one attached hydrogen (secondary N) is 1. The smallest absolute Gasteiger partial charge is 0.273 e. The summed E-state index contributed by atoms with van der Waals surface area (Å²) in [4.78, 5) is 13.1. The summed E-state index contributed by atoms with van der Waals surface area (Å²) in [7, 11) is 0. The Bertz CT molecular complexity index is 535. The number of piperidine rings is 1. The number of hydrogen-bond donors (Lipinski definition) is 2. The number of hydrogen-bond acceptors (Lipinski definition) is 5. The first-order valence-corrected chi connectivity index (χ1v) is 7.58. The molecule has 2 fully saturated rings. The fourth-order valence-electron chi connectivity index (χ4n) is 3.73. The fourth-order valence-corrected chi connectivity index (χ4v) is 3.73. The third-order valence-electron chi connectivity index (χ3n) is 4.50. The lowest BCUT2D eigenvalue weighted by molar-refractivity contribution is -0.384. The maximum atomic E-state index is 11.1. The summed E-state index contributed by atoms with van der Waals surface area (Å²) in [5.41, 5.74) is 1.81. The number of fused-ring (bicyclic) bond motifs is 2. The molecule has 2 aliphatic rings. The zero-order valence-electron chi connectivity index (χ0n) is 12.2. The van der Waals surface area contributed by atoms with Crippen LogP contribution in [0.15, 0.2) is 18.2 Å². The van der Waals surface area contributed by atoms with Crippen LogP contribution in [-0.2, 0) is 0 Å². The highest BCUT2D eigenvalue weighted by Crippen LogP contribution is 2.41. The van der Waals surface area contributed by atoms with Crippen LogP contribution in [0.25, 0.3) is 0 Å². The summed E-state index contributed by atoms with van der Waals surface area (Å²) in [5.74, 6) is 0. The number of nitrogens with zero attached hydrogens (tertiary/aromatic N) is 2. The summed E-state index contributed by atoms with van der Waals surface area (Å²) in [6, 6.07) is 5.82. The van der Waals surface area contributed by atoms with Gasteiger partial charge < -0.3 is 15.3 Å². The van der Waals surface area contributed by atoms with E-state index in [0.29, 0.717) is 12.1 Å². The second-order valence-corrected chi connectivity index (χ2v) is 5.94. The minimum atomic E-state index is -0.342. The number of aliphatic hydroxyl groups excluding tert-OH is 1. The molecule has 2 atom stereocenters. The van der Waals surface area contributed by atoms with Gasteiger partial charge in [-0.25, -0.2) is 0 Å². The molecule has 0 saturated carbocycles. The van der Waals surface area contributed by atoms with Crippen LogP contribution in [-0.4, -0.2) is 34.8 Å². The van der Waals surface area contributed by atoms with Crippen molar-refractivity contribution in [2.45, 2.75) is 50.8 Å². The zero-order valence-corrected chi connectivity index (χ0v) is 12.2. The van der Waals surface area contributed by atoms with Gasteiger partial charge in [-0.2, -0.15) is 0 Å². The van der Waals surface area contributed by atoms with Crippen LogP contribution in [0.2, 0.25) is 0 Å². The number of benzene rings is 1. The number of nitro groups is 1. The molecular formula is C15H21N3O3. The van der Waals surface area contributed by atoms with Crippen molar-refractivity contribution < 1.29 is 10.0 Å². The average molecular weight is 291 g/mol. The largest absolute Gasteiger partial charge is 0.393 e. The molecule has 0 aromatic heterocycles. The van der Waals surface area contributed by atoms with Gasteiger partial charge in [0.25, 0.3) is 5.69 Å². The Morgan fingerprint density at radius 1 is 1.33 bits per heavy atom. The van der Waals surface area contributed by atoms with Crippen LogP contribution < -0.4 is 10.2 Å². The molecule has 0 amide bonds. The third-order valence-corrected chi connectivity index (χ3v) is 4.50. The summed E-state index contributed by atoms with van der Waals surface area (Å²) < 4.78 is 0. The molecule has 1 aromatic carbocycles. The minimum Gasteiger partial charge on any atom is -0.393 e. The van der Waals surface area contributed by atoms with Crippen LogP contribution in [0.3, 0.4) is 0 Å². The van der Waals surface area contributed by atoms with Gasteiger partial charge in [-0.1, -0.05) is 0 Å². The van der Waals surface area contributed by atoms with E-state index in [1.165, 1.54) is 0 Å². The highest BCUT2D eigenvalue weighted by atomic mass is 16.6. The SMILES string of the molecule is CCNc1cc(N2C3CCC2CC(O)C3)cc([N+](=O)[O-])c1. The number of anilines is 2. The van der Waals surface area contributed by atoms with Crippen molar-refractivity contribution in [2.75, 3.05) is 16.8 Å². The first kappa shape index (κ1) is 14.1. The van der Waals surface area contributed by atoms with Crippen LogP contribution in [0, 0.1) is 10.1 Å². The monoisotopic (exact) mass is 291 g/mol. The molecule has 2 unspecified atom stereocenters. The lowest BCUT2D eigenvalue weighted by Crippen LogP contribution is -2.44. The summed E-state index contributed by atoms with van der Waals surface area (Å²) in [6.07, 6.45) is 3.40. The normalized spacial score (nSPS) is 27.7. The molecular weight excluding hydrogens is 270 g/mol. The Morgan fingerprint density at radius 2 is 2.00 bits per heavy atom. The van der Waals surface area contributed by atoms with Crippen molar-refractivity contribution in [1.82, 2.24) is 0 Å². The maximum absolute atomic E-state index is 11.1. The van der Waals surface area contributed by atoms with Crippen molar-refractivity contribution in [3.05, 3.63) is 28.3 Å². The lowest BCUT2D eigenvalue weighted by Gasteiger charge is -2.39. The molecule has 21 heavy (non-hydrogen) atoms. The molecule has 2 heterocycles. The van der Waals surface area contributed by atoms with E-state index in [4.69, 9.17) is 0 Å². The molecule has 2 aliphatic heterocycles. The van der Waals surface area contributed by atoms with Crippen LogP contribution in [0.4, 0.5) is 17.1 Å². The Kier molecular flexibility index (Phi) is 3.71. The second-order valence-electron chi connectivity index (χ2n) is 5.94. The molecule has 2 N–H and O–H groups in total. The lowest BCUT2D eigenvalue weighted by atomic mass is 9.99. The van der Waals surface area contributed by atoms with Crippen molar-refractivity contribution >= 4 is 17.1 Å². The van der Waals surface area contributed by atoms with Crippen molar-refractivity contribution in [3.8, 4) is 0 Å². The summed E-state index contributed by atoms with van der Waals surface area (Å²) in [5, 5.41) is 24.2. The van der Waals surface area contributed by atoms with Gasteiger partial charge in [0.2, 0.25) is 0 Å². The van der Waals surface area contributed by atoms with Crippen molar-refractivity contribution in [1.29, 1.82) is 0 Å². The van der Waals surface area contributed by atoms with Gasteiger partial charge >= 0.3 is 0 Å². The molecule has 0 spiro atoms. The van der Waals surface area contributed by atoms with Crippen LogP contribution in [0.5, 0.6) is 0 Å². The predicted octanol–water partition coefficient (Wildman–Crippen LogP) is 2.52. The maximum Gasteiger partial charge on any atom is 0.273 e. The Balaban J connectivity index is 1.96. The summed E-state index contributed by atoms with van der Waals surface area (Å²) in [6.45, 7) is 2.70. The van der Waals surface area contributed by atoms with E-state index in [9.17, 15) is 15.2 Å². The van der Waals surface area contributed by atoms with Gasteiger partial charge in [-0.3, -0.25) is 10.1 Å². The number of nitro benzene ring substituents is 1. The Hall–Kier alpha value is -1.82. The molecule has 3 rings (SSSR count). The van der Waals surface area contributed by atoms with E-state index in [0.717, 1.165) is 43.6 Å². The van der Waals surface area contributed by atoms with Crippen LogP contribution >= 0.6 is 0 Å². The first-order valence-electron chi connectivity index (χ1n) is 7.58. The van der Waals surface area contributed by atoms with E-state index in [2.05, 4.69) is 10.2 Å². The predicted molar refractivity (Wildman–Crippen MR) is 81.8 cm³/mol. The second kappa shape index (κ2) is 5.52. The third kappa shape index (κ3) is 2.68. The number of aliphatic hydroxyl groups is 1. The Morgan fingerprint density at radius 3 is 2.57 bits per heavy atom. The molecule has 2 bridgehead atoms. The zero-order chi connectivity index (χ0) is 15.0. The van der Waals surface area contributed by atoms with Gasteiger partial charge in [0.15, 0.2) is 0 Å². The Labute approximate surface area is 123 Å². The van der Waals surface area contributed by atoms with E-state index in [1.807, 2.05) is 13.0 Å². The van der Waals surface area contributed by atoms with Gasteiger partial charge in [-0.05, 0) is 38.7 Å². The van der Waals surface area contributed by atoms with Gasteiger partial charge in [0.1, 0.15) is 0 Å². The minimum absolute atomic E-state index is 0.119. The average Bonchev–Trinajstić information content (AvgIpc) is 2.71. The van der Waals surface area contributed by atoms with E-state index < -0.39 is 0 Å². The molecule has 1 aromatic rings. The number of rotatable bonds is 4. The van der Waals surface area contributed by atoms with Crippen molar-refractivity contribution in [3.63, 3.8) is 0 Å². The molecule has 2 saturated heterocycles. The highest BCUT2D eigenvalue weighted by molar-refractivity contribution is 5.66. The molecule has 114 valence electrons. The van der Waals surface area contributed by atoms with Crippen molar-refractivity contribution in [2.24, 2.45) is 0 Å². The standard InChI is InChI=1S/C15H21N3O3/c1-2-16-10-5-13(7-14(6-10)18(20)21)17-11-3-4-12(17)9-15(19)8-11/h5-7,11-12,15-16,19H,2-4,8-9H2,1H3. The van der Waals surface area contributed by atoms with Crippen LogP contribution in [0.1, 0.15) is 32.6 Å². The van der Waals surface area contributed by atoms with Gasteiger partial charge in [-0.15, -0.1) is 0 Å². The van der Waals surface area contributed by atoms with Gasteiger partial charge in [0, 0.05) is 42.1 Å². The molecule has 0 radical (unpaired) electrons. The topological polar surface area (TPSA) is 78.6 Å². The van der Waals surface area contributed by atoms with Gasteiger partial charge in [0.05, 0.1) is 11.0 Å². The molecule has 0 aliphatic carbocycles. The molecule has 6 nitrogen and oxygen atoms in total. The van der Waals surface area contributed by atoms with E-state index in [-0.39, 0.29) is 16.7 Å². The summed E-state index contributed by atoms with van der Waals surface area (Å²) >= 11 is 0. The van der Waals surface area contributed by atoms with E-state index >= 15 is 0 Å². The highest BCUT2D eigenvalue weighted by Gasteiger charge is 2.40. The van der Waals surface area contributed by atoms with E-state index in [1.54, 1.807) is 12.1 Å². The quantitative estimate of drug-likeness (QED) is 0.658.